The Morgan fingerprint density at radius 2 is 2.06 bits per heavy atom. The molecule has 9 heteroatoms. The van der Waals surface area contributed by atoms with Crippen molar-refractivity contribution >= 4 is 23.4 Å². The minimum Gasteiger partial charge on any atom is -0.493 e. The maximum absolute atomic E-state index is 13.5. The molecule has 1 aliphatic heterocycles. The second-order valence-electron chi connectivity index (χ2n) is 6.90. The molecule has 4 rings (SSSR count). The van der Waals surface area contributed by atoms with Crippen LogP contribution in [0, 0.1) is 0 Å². The number of carbonyl (C=O) groups is 1. The Morgan fingerprint density at radius 3 is 2.72 bits per heavy atom. The molecule has 1 atom stereocenters. The van der Waals surface area contributed by atoms with Gasteiger partial charge in [0.15, 0.2) is 16.3 Å². The fourth-order valence-corrected chi connectivity index (χ4v) is 4.74. The Labute approximate surface area is 187 Å². The fourth-order valence-electron chi connectivity index (χ4n) is 3.72. The van der Waals surface area contributed by atoms with Gasteiger partial charge in [-0.2, -0.15) is 0 Å². The molecule has 0 bridgehead atoms. The zero-order valence-corrected chi connectivity index (χ0v) is 18.9. The highest BCUT2D eigenvalue weighted by Crippen LogP contribution is 2.40. The number of hydrogen-bond donors (Lipinski definition) is 0. The van der Waals surface area contributed by atoms with Gasteiger partial charge in [-0.15, -0.1) is 0 Å². The molecule has 0 amide bonds. The van der Waals surface area contributed by atoms with Crippen LogP contribution >= 0.6 is 11.3 Å². The smallest absolute Gasteiger partial charge is 0.338 e. The summed E-state index contributed by atoms with van der Waals surface area (Å²) < 4.78 is 23.7. The highest BCUT2D eigenvalue weighted by atomic mass is 32.1. The predicted molar refractivity (Wildman–Crippen MR) is 119 cm³/mol. The number of nitrogens with zero attached hydrogens (tertiary/aromatic N) is 2. The van der Waals surface area contributed by atoms with E-state index in [1.165, 1.54) is 36.4 Å². The molecule has 3 heterocycles. The van der Waals surface area contributed by atoms with Crippen molar-refractivity contribution in [2.24, 2.45) is 4.99 Å². The van der Waals surface area contributed by atoms with Crippen LogP contribution in [0.3, 0.4) is 0 Å². The fraction of sp³-hybridized carbons (Fsp3) is 0.261. The third kappa shape index (κ3) is 3.64. The van der Waals surface area contributed by atoms with Crippen LogP contribution < -0.4 is 24.4 Å². The molecule has 2 aromatic heterocycles. The molecule has 0 spiro atoms. The molecule has 0 N–H and O–H groups in total. The van der Waals surface area contributed by atoms with E-state index >= 15 is 0 Å². The minimum atomic E-state index is -0.797. The summed E-state index contributed by atoms with van der Waals surface area (Å²) in [5.74, 6) is 0.925. The Kier molecular flexibility index (Phi) is 6.00. The first kappa shape index (κ1) is 21.6. The van der Waals surface area contributed by atoms with E-state index in [1.807, 2.05) is 0 Å². The number of ether oxygens (including phenoxy) is 3. The van der Waals surface area contributed by atoms with Gasteiger partial charge in [0.2, 0.25) is 0 Å². The summed E-state index contributed by atoms with van der Waals surface area (Å²) in [4.78, 5) is 31.5. The Bertz CT molecular complexity index is 1360. The monoisotopic (exact) mass is 454 g/mol. The lowest BCUT2D eigenvalue weighted by atomic mass is 9.94. The lowest BCUT2D eigenvalue weighted by molar-refractivity contribution is -0.139. The van der Waals surface area contributed by atoms with Crippen molar-refractivity contribution in [2.75, 3.05) is 20.8 Å². The SMILES string of the molecule is CCOC(=O)C1=C(C)N=c2sc(=Cc3ccco3)c(=O)n2C1c1cccc(OC)c1OC. The maximum Gasteiger partial charge on any atom is 0.338 e. The lowest BCUT2D eigenvalue weighted by Crippen LogP contribution is -2.40. The lowest BCUT2D eigenvalue weighted by Gasteiger charge is -2.26. The number of furan rings is 1. The van der Waals surface area contributed by atoms with E-state index in [0.717, 1.165) is 0 Å². The number of para-hydroxylation sites is 1. The normalized spacial score (nSPS) is 15.9. The predicted octanol–water partition coefficient (Wildman–Crippen LogP) is 2.41. The van der Waals surface area contributed by atoms with E-state index in [1.54, 1.807) is 50.3 Å². The first-order valence-corrected chi connectivity index (χ1v) is 10.8. The van der Waals surface area contributed by atoms with Gasteiger partial charge in [0.1, 0.15) is 11.8 Å². The summed E-state index contributed by atoms with van der Waals surface area (Å²) in [6.45, 7) is 3.66. The van der Waals surface area contributed by atoms with E-state index in [-0.39, 0.29) is 17.7 Å². The number of aromatic nitrogens is 1. The molecule has 3 aromatic rings. The number of allylic oxidation sites excluding steroid dienone is 1. The van der Waals surface area contributed by atoms with Gasteiger partial charge in [-0.25, -0.2) is 9.79 Å². The van der Waals surface area contributed by atoms with Crippen molar-refractivity contribution < 1.29 is 23.4 Å². The maximum atomic E-state index is 13.5. The van der Waals surface area contributed by atoms with Crippen molar-refractivity contribution in [1.82, 2.24) is 4.57 Å². The van der Waals surface area contributed by atoms with Crippen LogP contribution in [0.1, 0.15) is 31.2 Å². The molecular weight excluding hydrogens is 432 g/mol. The van der Waals surface area contributed by atoms with Crippen LogP contribution in [0.2, 0.25) is 0 Å². The number of thiazole rings is 1. The van der Waals surface area contributed by atoms with Crippen LogP contribution in [-0.4, -0.2) is 31.4 Å². The molecule has 0 saturated heterocycles. The van der Waals surface area contributed by atoms with Crippen molar-refractivity contribution in [3.05, 3.63) is 78.9 Å². The van der Waals surface area contributed by atoms with Crippen LogP contribution in [0.25, 0.3) is 6.08 Å². The average Bonchev–Trinajstić information content (AvgIpc) is 3.40. The Balaban J connectivity index is 2.03. The van der Waals surface area contributed by atoms with Crippen molar-refractivity contribution in [3.63, 3.8) is 0 Å². The second kappa shape index (κ2) is 8.88. The first-order chi connectivity index (χ1) is 15.5. The molecule has 8 nitrogen and oxygen atoms in total. The second-order valence-corrected chi connectivity index (χ2v) is 7.91. The summed E-state index contributed by atoms with van der Waals surface area (Å²) in [5.41, 5.74) is 1.05. The molecule has 1 unspecified atom stereocenters. The van der Waals surface area contributed by atoms with Gasteiger partial charge >= 0.3 is 5.97 Å². The topological polar surface area (TPSA) is 92.3 Å². The van der Waals surface area contributed by atoms with Gasteiger partial charge in [-0.05, 0) is 32.0 Å². The highest BCUT2D eigenvalue weighted by Gasteiger charge is 2.35. The van der Waals surface area contributed by atoms with Crippen LogP contribution in [0.4, 0.5) is 0 Å². The van der Waals surface area contributed by atoms with Crippen molar-refractivity contribution in [1.29, 1.82) is 0 Å². The van der Waals surface area contributed by atoms with Crippen LogP contribution in [0.5, 0.6) is 11.5 Å². The summed E-state index contributed by atoms with van der Waals surface area (Å²) in [6.07, 6.45) is 3.20. The number of carbonyl (C=O) groups excluding carboxylic acids is 1. The summed E-state index contributed by atoms with van der Waals surface area (Å²) >= 11 is 1.22. The number of fused-ring (bicyclic) bond motifs is 1. The molecule has 0 radical (unpaired) electrons. The number of hydrogen-bond acceptors (Lipinski definition) is 8. The third-order valence-corrected chi connectivity index (χ3v) is 6.04. The molecule has 1 aromatic carbocycles. The number of benzene rings is 1. The van der Waals surface area contributed by atoms with Crippen molar-refractivity contribution in [2.45, 2.75) is 19.9 Å². The van der Waals surface area contributed by atoms with Gasteiger partial charge in [0, 0.05) is 11.6 Å². The number of esters is 1. The Hall–Kier alpha value is -3.59. The summed E-state index contributed by atoms with van der Waals surface area (Å²) in [6, 6.07) is 8.05. The zero-order chi connectivity index (χ0) is 22.8. The molecule has 0 aliphatic carbocycles. The number of rotatable bonds is 6. The van der Waals surface area contributed by atoms with Gasteiger partial charge in [0.05, 0.1) is 42.9 Å². The molecule has 166 valence electrons. The first-order valence-electron chi connectivity index (χ1n) is 9.94. The number of methoxy groups -OCH3 is 2. The van der Waals surface area contributed by atoms with E-state index < -0.39 is 12.0 Å². The van der Waals surface area contributed by atoms with E-state index in [4.69, 9.17) is 18.6 Å². The average molecular weight is 455 g/mol. The van der Waals surface area contributed by atoms with Gasteiger partial charge < -0.3 is 18.6 Å². The molecule has 1 aliphatic rings. The minimum absolute atomic E-state index is 0.195. The Morgan fingerprint density at radius 1 is 1.25 bits per heavy atom. The quantitative estimate of drug-likeness (QED) is 0.531. The van der Waals surface area contributed by atoms with E-state index in [0.29, 0.717) is 37.9 Å². The summed E-state index contributed by atoms with van der Waals surface area (Å²) in [5, 5.41) is 0. The van der Waals surface area contributed by atoms with Crippen LogP contribution in [-0.2, 0) is 9.53 Å². The highest BCUT2D eigenvalue weighted by molar-refractivity contribution is 7.07. The van der Waals surface area contributed by atoms with Crippen molar-refractivity contribution in [3.8, 4) is 11.5 Å². The van der Waals surface area contributed by atoms with Crippen LogP contribution in [0.15, 0.2) is 62.1 Å². The molecule has 0 saturated carbocycles. The van der Waals surface area contributed by atoms with E-state index in [2.05, 4.69) is 4.99 Å². The third-order valence-electron chi connectivity index (χ3n) is 5.06. The molecular formula is C23H22N2O6S. The van der Waals surface area contributed by atoms with Gasteiger partial charge in [-0.1, -0.05) is 23.5 Å². The molecule has 32 heavy (non-hydrogen) atoms. The standard InChI is InChI=1S/C23H22N2O6S/c1-5-30-22(27)18-13(2)24-23-25(21(26)17(32-23)12-14-8-7-11-31-14)19(18)15-9-6-10-16(28-3)20(15)29-4/h6-12,19H,5H2,1-4H3. The molecule has 0 fully saturated rings. The van der Waals surface area contributed by atoms with E-state index in [9.17, 15) is 9.59 Å². The largest absolute Gasteiger partial charge is 0.493 e. The summed E-state index contributed by atoms with van der Waals surface area (Å²) in [7, 11) is 3.05. The van der Waals surface area contributed by atoms with Gasteiger partial charge in [-0.3, -0.25) is 9.36 Å². The van der Waals surface area contributed by atoms with Gasteiger partial charge in [0.25, 0.3) is 5.56 Å². The zero-order valence-electron chi connectivity index (χ0n) is 18.1.